The summed E-state index contributed by atoms with van der Waals surface area (Å²) >= 11 is 0. The van der Waals surface area contributed by atoms with Crippen LogP contribution in [0.25, 0.3) is 0 Å². The average Bonchev–Trinajstić information content (AvgIpc) is 2.75. The van der Waals surface area contributed by atoms with Gasteiger partial charge in [-0.3, -0.25) is 4.79 Å². The maximum absolute atomic E-state index is 13.8. The van der Waals surface area contributed by atoms with Gasteiger partial charge in [0.15, 0.2) is 11.5 Å². The molecular weight excluding hydrogens is 418 g/mol. The highest BCUT2D eigenvalue weighted by molar-refractivity contribution is 7.89. The summed E-state index contributed by atoms with van der Waals surface area (Å²) in [6, 6.07) is 7.11. The maximum Gasteiger partial charge on any atom is 0.243 e. The Morgan fingerprint density at radius 3 is 2.50 bits per heavy atom. The molecule has 162 valence electrons. The predicted octanol–water partition coefficient (Wildman–Crippen LogP) is 3.02. The zero-order chi connectivity index (χ0) is 21.9. The van der Waals surface area contributed by atoms with E-state index in [2.05, 4.69) is 5.32 Å². The van der Waals surface area contributed by atoms with Crippen LogP contribution in [0, 0.1) is 17.6 Å². The number of benzene rings is 2. The van der Waals surface area contributed by atoms with Gasteiger partial charge in [0.25, 0.3) is 0 Å². The van der Waals surface area contributed by atoms with Gasteiger partial charge in [0.1, 0.15) is 11.6 Å². The van der Waals surface area contributed by atoms with Crippen LogP contribution >= 0.6 is 0 Å². The van der Waals surface area contributed by atoms with Crippen LogP contribution in [-0.2, 0) is 14.8 Å². The van der Waals surface area contributed by atoms with Gasteiger partial charge in [-0.15, -0.1) is 0 Å². The van der Waals surface area contributed by atoms with Crippen molar-refractivity contribution in [3.05, 3.63) is 48.0 Å². The van der Waals surface area contributed by atoms with Crippen LogP contribution in [0.5, 0.6) is 11.5 Å². The van der Waals surface area contributed by atoms with Gasteiger partial charge in [-0.1, -0.05) is 0 Å². The summed E-state index contributed by atoms with van der Waals surface area (Å²) < 4.78 is 64.5. The zero-order valence-corrected chi connectivity index (χ0v) is 17.3. The Morgan fingerprint density at radius 1 is 1.10 bits per heavy atom. The van der Waals surface area contributed by atoms with Crippen LogP contribution in [0.15, 0.2) is 41.3 Å². The van der Waals surface area contributed by atoms with Crippen molar-refractivity contribution in [3.8, 4) is 11.5 Å². The Kier molecular flexibility index (Phi) is 6.57. The normalized spacial score (nSPS) is 17.4. The van der Waals surface area contributed by atoms with E-state index in [1.807, 2.05) is 0 Å². The van der Waals surface area contributed by atoms with Crippen LogP contribution in [0.4, 0.5) is 14.5 Å². The fourth-order valence-electron chi connectivity index (χ4n) is 3.33. The van der Waals surface area contributed by atoms with Crippen LogP contribution in [-0.4, -0.2) is 45.9 Å². The number of anilines is 1. The van der Waals surface area contributed by atoms with E-state index in [0.29, 0.717) is 24.7 Å². The molecule has 0 spiro atoms. The number of piperidine rings is 1. The lowest BCUT2D eigenvalue weighted by molar-refractivity contribution is -0.120. The molecular formula is C20H22F2N2O5S. The molecule has 1 saturated heterocycles. The summed E-state index contributed by atoms with van der Waals surface area (Å²) in [5, 5.41) is 2.41. The predicted molar refractivity (Wildman–Crippen MR) is 106 cm³/mol. The first-order valence-corrected chi connectivity index (χ1v) is 10.7. The topological polar surface area (TPSA) is 84.9 Å². The number of amides is 1. The number of methoxy groups -OCH3 is 2. The fourth-order valence-corrected chi connectivity index (χ4v) is 4.87. The first-order valence-electron chi connectivity index (χ1n) is 9.24. The van der Waals surface area contributed by atoms with Gasteiger partial charge in [-0.05, 0) is 37.1 Å². The quantitative estimate of drug-likeness (QED) is 0.747. The van der Waals surface area contributed by atoms with E-state index >= 15 is 0 Å². The lowest BCUT2D eigenvalue weighted by Crippen LogP contribution is -2.43. The number of nitrogens with one attached hydrogen (secondary N) is 1. The SMILES string of the molecule is COc1ccc(S(=O)(=O)N2CCCC(C(=O)Nc3ccc(F)cc3F)C2)cc1OC. The van der Waals surface area contributed by atoms with Crippen LogP contribution in [0.1, 0.15) is 12.8 Å². The van der Waals surface area contributed by atoms with Gasteiger partial charge in [0, 0.05) is 25.2 Å². The molecule has 1 fully saturated rings. The van der Waals surface area contributed by atoms with E-state index in [-0.39, 0.29) is 29.4 Å². The van der Waals surface area contributed by atoms with Crippen LogP contribution < -0.4 is 14.8 Å². The second-order valence-corrected chi connectivity index (χ2v) is 8.77. The smallest absolute Gasteiger partial charge is 0.243 e. The Hall–Kier alpha value is -2.72. The van der Waals surface area contributed by atoms with E-state index in [1.165, 1.54) is 36.7 Å². The Bertz CT molecular complexity index is 1050. The molecule has 2 aromatic carbocycles. The lowest BCUT2D eigenvalue weighted by atomic mass is 9.98. The summed E-state index contributed by atoms with van der Waals surface area (Å²) in [4.78, 5) is 12.6. The minimum absolute atomic E-state index is 0.0192. The molecule has 0 radical (unpaired) electrons. The third-order valence-corrected chi connectivity index (χ3v) is 6.80. The van der Waals surface area contributed by atoms with Crippen molar-refractivity contribution in [2.75, 3.05) is 32.6 Å². The summed E-state index contributed by atoms with van der Waals surface area (Å²) in [5.41, 5.74) is -0.152. The molecule has 1 aliphatic rings. The van der Waals surface area contributed by atoms with Crippen molar-refractivity contribution in [2.24, 2.45) is 5.92 Å². The molecule has 30 heavy (non-hydrogen) atoms. The molecule has 1 atom stereocenters. The third-order valence-electron chi connectivity index (χ3n) is 4.94. The molecule has 10 heteroatoms. The van der Waals surface area contributed by atoms with Crippen LogP contribution in [0.3, 0.4) is 0 Å². The molecule has 7 nitrogen and oxygen atoms in total. The highest BCUT2D eigenvalue weighted by Crippen LogP contribution is 2.32. The lowest BCUT2D eigenvalue weighted by Gasteiger charge is -2.31. The minimum atomic E-state index is -3.88. The molecule has 2 aromatic rings. The highest BCUT2D eigenvalue weighted by Gasteiger charge is 2.34. The summed E-state index contributed by atoms with van der Waals surface area (Å²) in [6.07, 6.45) is 0.920. The summed E-state index contributed by atoms with van der Waals surface area (Å²) in [5.74, 6) is -2.17. The van der Waals surface area contributed by atoms with Gasteiger partial charge in [0.2, 0.25) is 15.9 Å². The van der Waals surface area contributed by atoms with E-state index in [9.17, 15) is 22.0 Å². The number of carbonyl (C=O) groups excluding carboxylic acids is 1. The Morgan fingerprint density at radius 2 is 1.83 bits per heavy atom. The van der Waals surface area contributed by atoms with Crippen molar-refractivity contribution >= 4 is 21.6 Å². The van der Waals surface area contributed by atoms with Gasteiger partial charge in [-0.25, -0.2) is 17.2 Å². The van der Waals surface area contributed by atoms with E-state index in [4.69, 9.17) is 9.47 Å². The molecule has 3 rings (SSSR count). The monoisotopic (exact) mass is 440 g/mol. The van der Waals surface area contributed by atoms with E-state index in [1.54, 1.807) is 0 Å². The number of ether oxygens (including phenoxy) is 2. The second kappa shape index (κ2) is 8.97. The molecule has 1 amide bonds. The van der Waals surface area contributed by atoms with Gasteiger partial charge < -0.3 is 14.8 Å². The molecule has 1 N–H and O–H groups in total. The maximum atomic E-state index is 13.8. The summed E-state index contributed by atoms with van der Waals surface area (Å²) in [6.45, 7) is 0.205. The first kappa shape index (κ1) is 22.0. The molecule has 1 aliphatic heterocycles. The molecule has 1 unspecified atom stereocenters. The van der Waals surface area contributed by atoms with Crippen molar-refractivity contribution in [2.45, 2.75) is 17.7 Å². The molecule has 0 aromatic heterocycles. The molecule has 0 bridgehead atoms. The minimum Gasteiger partial charge on any atom is -0.493 e. The Labute approximate surface area is 173 Å². The number of nitrogens with zero attached hydrogens (tertiary/aromatic N) is 1. The van der Waals surface area contributed by atoms with Gasteiger partial charge in [0.05, 0.1) is 30.7 Å². The van der Waals surface area contributed by atoms with Crippen molar-refractivity contribution < 1.29 is 31.5 Å². The van der Waals surface area contributed by atoms with Crippen molar-refractivity contribution in [1.29, 1.82) is 0 Å². The standard InChI is InChI=1S/C20H22F2N2O5S/c1-28-18-8-6-15(11-19(18)29-2)30(26,27)24-9-3-4-13(12-24)20(25)23-17-7-5-14(21)10-16(17)22/h5-8,10-11,13H,3-4,9,12H2,1-2H3,(H,23,25). The number of halogens is 2. The van der Waals surface area contributed by atoms with Crippen molar-refractivity contribution in [1.82, 2.24) is 4.31 Å². The third kappa shape index (κ3) is 4.54. The number of carbonyl (C=O) groups is 1. The van der Waals surface area contributed by atoms with Crippen molar-refractivity contribution in [3.63, 3.8) is 0 Å². The number of rotatable bonds is 6. The number of sulfonamides is 1. The second-order valence-electron chi connectivity index (χ2n) is 6.83. The van der Waals surface area contributed by atoms with E-state index in [0.717, 1.165) is 12.1 Å². The van der Waals surface area contributed by atoms with E-state index < -0.39 is 33.5 Å². The van der Waals surface area contributed by atoms with Gasteiger partial charge in [-0.2, -0.15) is 4.31 Å². The molecule has 0 saturated carbocycles. The molecule has 1 heterocycles. The average molecular weight is 440 g/mol. The molecule has 0 aliphatic carbocycles. The number of hydrogen-bond donors (Lipinski definition) is 1. The number of hydrogen-bond acceptors (Lipinski definition) is 5. The zero-order valence-electron chi connectivity index (χ0n) is 16.5. The summed E-state index contributed by atoms with van der Waals surface area (Å²) in [7, 11) is -1.02. The van der Waals surface area contributed by atoms with Gasteiger partial charge >= 0.3 is 0 Å². The fraction of sp³-hybridized carbons (Fsp3) is 0.350. The highest BCUT2D eigenvalue weighted by atomic mass is 32.2. The Balaban J connectivity index is 1.77. The largest absolute Gasteiger partial charge is 0.493 e. The van der Waals surface area contributed by atoms with Crippen LogP contribution in [0.2, 0.25) is 0 Å². The first-order chi connectivity index (χ1) is 14.3.